The van der Waals surface area contributed by atoms with Crippen molar-refractivity contribution in [3.63, 3.8) is 0 Å². The minimum atomic E-state index is -0.277. The summed E-state index contributed by atoms with van der Waals surface area (Å²) in [5.41, 5.74) is -0.277. The lowest BCUT2D eigenvalue weighted by atomic mass is 9.95. The van der Waals surface area contributed by atoms with Crippen molar-refractivity contribution in [2.24, 2.45) is 17.3 Å². The van der Waals surface area contributed by atoms with Crippen molar-refractivity contribution >= 4 is 11.9 Å². The molecule has 5 heteroatoms. The van der Waals surface area contributed by atoms with Crippen LogP contribution in [0.15, 0.2) is 18.5 Å². The molecule has 0 aliphatic carbocycles. The van der Waals surface area contributed by atoms with E-state index in [4.69, 9.17) is 0 Å². The van der Waals surface area contributed by atoms with Gasteiger partial charge in [-0.25, -0.2) is 9.97 Å². The average molecular weight is 274 g/mol. The predicted molar refractivity (Wildman–Crippen MR) is 77.3 cm³/mol. The minimum absolute atomic E-state index is 0.273. The summed E-state index contributed by atoms with van der Waals surface area (Å²) < 4.78 is 0. The van der Waals surface area contributed by atoms with Crippen molar-refractivity contribution in [3.8, 4) is 0 Å². The Bertz CT molecular complexity index is 482. The van der Waals surface area contributed by atoms with Crippen molar-refractivity contribution in [1.82, 2.24) is 14.9 Å². The zero-order chi connectivity index (χ0) is 14.3. The standard InChI is InChI=1S/C15H22N4O/c1-15(2,3)13(20)18-7-11-9-19(10-12(11)8-18)14-16-5-4-6-17-14/h4-6,11-12H,7-10H2,1-3H3. The van der Waals surface area contributed by atoms with E-state index < -0.39 is 0 Å². The van der Waals surface area contributed by atoms with Gasteiger partial charge in [-0.05, 0) is 6.07 Å². The van der Waals surface area contributed by atoms with E-state index in [1.807, 2.05) is 31.7 Å². The highest BCUT2D eigenvalue weighted by Gasteiger charge is 2.43. The normalized spacial score (nSPS) is 25.9. The van der Waals surface area contributed by atoms with Crippen LogP contribution in [0.5, 0.6) is 0 Å². The van der Waals surface area contributed by atoms with Crippen LogP contribution in [0.25, 0.3) is 0 Å². The monoisotopic (exact) mass is 274 g/mol. The van der Waals surface area contributed by atoms with E-state index in [-0.39, 0.29) is 11.3 Å². The van der Waals surface area contributed by atoms with Gasteiger partial charge < -0.3 is 9.80 Å². The molecule has 3 rings (SSSR count). The summed E-state index contributed by atoms with van der Waals surface area (Å²) in [5.74, 6) is 2.21. The fourth-order valence-electron chi connectivity index (χ4n) is 3.25. The number of carbonyl (C=O) groups is 1. The Kier molecular flexibility index (Phi) is 3.15. The van der Waals surface area contributed by atoms with Gasteiger partial charge in [0.05, 0.1) is 0 Å². The van der Waals surface area contributed by atoms with Gasteiger partial charge in [0.25, 0.3) is 0 Å². The number of carbonyl (C=O) groups excluding carboxylic acids is 1. The Morgan fingerprint density at radius 1 is 1.10 bits per heavy atom. The molecule has 1 amide bonds. The first-order valence-corrected chi connectivity index (χ1v) is 7.26. The van der Waals surface area contributed by atoms with E-state index in [1.165, 1.54) is 0 Å². The molecule has 108 valence electrons. The van der Waals surface area contributed by atoms with Gasteiger partial charge >= 0.3 is 0 Å². The lowest BCUT2D eigenvalue weighted by molar-refractivity contribution is -0.138. The molecule has 2 saturated heterocycles. The molecular weight excluding hydrogens is 252 g/mol. The molecule has 0 saturated carbocycles. The minimum Gasteiger partial charge on any atom is -0.342 e. The van der Waals surface area contributed by atoms with Crippen molar-refractivity contribution < 1.29 is 4.79 Å². The van der Waals surface area contributed by atoms with E-state index in [1.54, 1.807) is 12.4 Å². The number of aromatic nitrogens is 2. The lowest BCUT2D eigenvalue weighted by Crippen LogP contribution is -2.40. The Morgan fingerprint density at radius 3 is 2.15 bits per heavy atom. The number of fused-ring (bicyclic) bond motifs is 1. The van der Waals surface area contributed by atoms with Crippen molar-refractivity contribution in [2.75, 3.05) is 31.1 Å². The molecule has 2 aliphatic heterocycles. The Labute approximate surface area is 120 Å². The van der Waals surface area contributed by atoms with Crippen LogP contribution in [-0.2, 0) is 4.79 Å². The summed E-state index contributed by atoms with van der Waals surface area (Å²) >= 11 is 0. The van der Waals surface area contributed by atoms with Crippen LogP contribution in [0.2, 0.25) is 0 Å². The maximum absolute atomic E-state index is 12.3. The highest BCUT2D eigenvalue weighted by atomic mass is 16.2. The summed E-state index contributed by atoms with van der Waals surface area (Å²) in [6, 6.07) is 1.84. The van der Waals surface area contributed by atoms with Crippen molar-refractivity contribution in [1.29, 1.82) is 0 Å². The molecule has 2 unspecified atom stereocenters. The number of hydrogen-bond donors (Lipinski definition) is 0. The van der Waals surface area contributed by atoms with E-state index in [0.717, 1.165) is 32.1 Å². The number of rotatable bonds is 1. The molecule has 20 heavy (non-hydrogen) atoms. The predicted octanol–water partition coefficient (Wildman–Crippen LogP) is 1.42. The third-order valence-electron chi connectivity index (χ3n) is 4.25. The van der Waals surface area contributed by atoms with E-state index >= 15 is 0 Å². The average Bonchev–Trinajstić information content (AvgIpc) is 2.95. The summed E-state index contributed by atoms with van der Waals surface area (Å²) in [5, 5.41) is 0. The van der Waals surface area contributed by atoms with Crippen LogP contribution < -0.4 is 4.90 Å². The molecule has 1 aromatic rings. The van der Waals surface area contributed by atoms with Crippen LogP contribution >= 0.6 is 0 Å². The molecule has 0 aromatic carbocycles. The van der Waals surface area contributed by atoms with Crippen LogP contribution in [-0.4, -0.2) is 47.0 Å². The van der Waals surface area contributed by atoms with Crippen LogP contribution in [0, 0.1) is 17.3 Å². The fraction of sp³-hybridized carbons (Fsp3) is 0.667. The van der Waals surface area contributed by atoms with Gasteiger partial charge in [0.2, 0.25) is 11.9 Å². The number of nitrogens with zero attached hydrogens (tertiary/aromatic N) is 4. The Hall–Kier alpha value is -1.65. The van der Waals surface area contributed by atoms with Gasteiger partial charge in [0, 0.05) is 55.8 Å². The van der Waals surface area contributed by atoms with Crippen LogP contribution in [0.4, 0.5) is 5.95 Å². The van der Waals surface area contributed by atoms with Gasteiger partial charge in [-0.15, -0.1) is 0 Å². The molecular formula is C15H22N4O. The second-order valence-electron chi connectivity index (χ2n) is 6.93. The van der Waals surface area contributed by atoms with E-state index in [0.29, 0.717) is 11.8 Å². The van der Waals surface area contributed by atoms with Crippen LogP contribution in [0.1, 0.15) is 20.8 Å². The Balaban J connectivity index is 1.64. The third-order valence-corrected chi connectivity index (χ3v) is 4.25. The number of likely N-dealkylation sites (tertiary alicyclic amines) is 1. The second-order valence-corrected chi connectivity index (χ2v) is 6.93. The smallest absolute Gasteiger partial charge is 0.227 e. The number of anilines is 1. The molecule has 3 heterocycles. The first kappa shape index (κ1) is 13.3. The summed E-state index contributed by atoms with van der Waals surface area (Å²) in [7, 11) is 0. The second kappa shape index (κ2) is 4.72. The fourth-order valence-corrected chi connectivity index (χ4v) is 3.25. The third kappa shape index (κ3) is 2.37. The topological polar surface area (TPSA) is 49.3 Å². The molecule has 0 spiro atoms. The van der Waals surface area contributed by atoms with Crippen molar-refractivity contribution in [3.05, 3.63) is 18.5 Å². The molecule has 2 atom stereocenters. The lowest BCUT2D eigenvalue weighted by Gasteiger charge is -2.27. The van der Waals surface area contributed by atoms with Gasteiger partial charge in [0.15, 0.2) is 0 Å². The number of amides is 1. The van der Waals surface area contributed by atoms with E-state index in [2.05, 4.69) is 14.9 Å². The zero-order valence-electron chi connectivity index (χ0n) is 12.4. The SMILES string of the molecule is CC(C)(C)C(=O)N1CC2CN(c3ncccn3)CC2C1. The highest BCUT2D eigenvalue weighted by Crippen LogP contribution is 2.34. The zero-order valence-corrected chi connectivity index (χ0v) is 12.4. The summed E-state index contributed by atoms with van der Waals surface area (Å²) in [4.78, 5) is 25.3. The molecule has 0 N–H and O–H groups in total. The highest BCUT2D eigenvalue weighted by molar-refractivity contribution is 5.81. The molecule has 2 aliphatic rings. The quantitative estimate of drug-likeness (QED) is 0.777. The van der Waals surface area contributed by atoms with Gasteiger partial charge in [-0.3, -0.25) is 4.79 Å². The van der Waals surface area contributed by atoms with Gasteiger partial charge in [-0.2, -0.15) is 0 Å². The molecule has 1 aromatic heterocycles. The largest absolute Gasteiger partial charge is 0.342 e. The van der Waals surface area contributed by atoms with Gasteiger partial charge in [-0.1, -0.05) is 20.8 Å². The molecule has 2 fully saturated rings. The first-order chi connectivity index (χ1) is 9.45. The van der Waals surface area contributed by atoms with E-state index in [9.17, 15) is 4.79 Å². The van der Waals surface area contributed by atoms with Crippen molar-refractivity contribution in [2.45, 2.75) is 20.8 Å². The first-order valence-electron chi connectivity index (χ1n) is 7.26. The Morgan fingerprint density at radius 2 is 1.65 bits per heavy atom. The summed E-state index contributed by atoms with van der Waals surface area (Å²) in [6.07, 6.45) is 3.57. The molecule has 5 nitrogen and oxygen atoms in total. The molecule has 0 bridgehead atoms. The molecule has 0 radical (unpaired) electrons. The van der Waals surface area contributed by atoms with Crippen LogP contribution in [0.3, 0.4) is 0 Å². The van der Waals surface area contributed by atoms with Gasteiger partial charge in [0.1, 0.15) is 0 Å². The summed E-state index contributed by atoms with van der Waals surface area (Å²) in [6.45, 7) is 9.66. The number of hydrogen-bond acceptors (Lipinski definition) is 4. The maximum Gasteiger partial charge on any atom is 0.227 e. The maximum atomic E-state index is 12.3.